The number of hydrogen-bond acceptors (Lipinski definition) is 3. The largest absolute Gasteiger partial charge is 0.338 e. The van der Waals surface area contributed by atoms with E-state index < -0.39 is 0 Å². The molecule has 1 aliphatic rings. The highest BCUT2D eigenvalue weighted by Crippen LogP contribution is 2.27. The molecule has 6 heteroatoms. The summed E-state index contributed by atoms with van der Waals surface area (Å²) in [6.07, 6.45) is 10.3. The highest BCUT2D eigenvalue weighted by molar-refractivity contribution is 7.99. The predicted octanol–water partition coefficient (Wildman–Crippen LogP) is 2.16. The summed E-state index contributed by atoms with van der Waals surface area (Å²) in [5.74, 6) is 0. The molecule has 112 valence electrons. The predicted molar refractivity (Wildman–Crippen MR) is 83.1 cm³/mol. The van der Waals surface area contributed by atoms with Crippen molar-refractivity contribution in [3.63, 3.8) is 0 Å². The van der Waals surface area contributed by atoms with Gasteiger partial charge in [-0.2, -0.15) is 16.9 Å². The van der Waals surface area contributed by atoms with Crippen molar-refractivity contribution in [2.24, 2.45) is 0 Å². The Kier molecular flexibility index (Phi) is 5.76. The van der Waals surface area contributed by atoms with Crippen LogP contribution in [0.15, 0.2) is 12.4 Å². The van der Waals surface area contributed by atoms with Crippen LogP contribution in [0.3, 0.4) is 0 Å². The van der Waals surface area contributed by atoms with Gasteiger partial charge in [-0.1, -0.05) is 0 Å². The fourth-order valence-electron chi connectivity index (χ4n) is 2.55. The number of nitrogens with zero attached hydrogens (tertiary/aromatic N) is 2. The number of thioether (sulfide) groups is 1. The van der Waals surface area contributed by atoms with E-state index >= 15 is 0 Å². The Bertz CT molecular complexity index is 435. The molecule has 2 amide bonds. The van der Waals surface area contributed by atoms with Crippen LogP contribution in [0.5, 0.6) is 0 Å². The molecule has 0 bridgehead atoms. The van der Waals surface area contributed by atoms with E-state index in [4.69, 9.17) is 0 Å². The number of carbonyl (C=O) groups is 1. The monoisotopic (exact) mass is 296 g/mol. The minimum Gasteiger partial charge on any atom is -0.338 e. The zero-order chi connectivity index (χ0) is 14.4. The van der Waals surface area contributed by atoms with Gasteiger partial charge in [-0.3, -0.25) is 4.68 Å². The van der Waals surface area contributed by atoms with Crippen LogP contribution in [-0.2, 0) is 6.54 Å². The quantitative estimate of drug-likeness (QED) is 0.791. The first-order chi connectivity index (χ1) is 9.67. The van der Waals surface area contributed by atoms with Crippen molar-refractivity contribution in [1.82, 2.24) is 20.4 Å². The van der Waals surface area contributed by atoms with Gasteiger partial charge in [0, 0.05) is 30.6 Å². The summed E-state index contributed by atoms with van der Waals surface area (Å²) in [5, 5.41) is 10.9. The summed E-state index contributed by atoms with van der Waals surface area (Å²) >= 11 is 1.90. The standard InChI is InChI=1S/C14H24N4OS/c1-11-9-16-18(10-11)7-3-6-15-14(19)17-12-4-5-13(8-12)20-2/h9-10,12-13H,3-8H2,1-2H3,(H2,15,17,19)/t12-,13-/m0/s1. The third-order valence-electron chi connectivity index (χ3n) is 3.66. The van der Waals surface area contributed by atoms with Gasteiger partial charge < -0.3 is 10.6 Å². The van der Waals surface area contributed by atoms with Gasteiger partial charge in [-0.05, 0) is 44.4 Å². The molecule has 1 aromatic rings. The van der Waals surface area contributed by atoms with E-state index in [0.29, 0.717) is 17.8 Å². The molecule has 1 saturated carbocycles. The summed E-state index contributed by atoms with van der Waals surface area (Å²) in [6, 6.07) is 0.314. The molecule has 5 nitrogen and oxygen atoms in total. The van der Waals surface area contributed by atoms with Crippen LogP contribution in [0.25, 0.3) is 0 Å². The highest BCUT2D eigenvalue weighted by Gasteiger charge is 2.24. The molecule has 1 aromatic heterocycles. The first kappa shape index (κ1) is 15.2. The zero-order valence-electron chi connectivity index (χ0n) is 12.3. The number of carbonyl (C=O) groups excluding carboxylic acids is 1. The Labute approximate surface area is 124 Å². The lowest BCUT2D eigenvalue weighted by atomic mass is 10.2. The van der Waals surface area contributed by atoms with Crippen molar-refractivity contribution in [2.45, 2.75) is 50.4 Å². The van der Waals surface area contributed by atoms with E-state index in [1.54, 1.807) is 0 Å². The maximum Gasteiger partial charge on any atom is 0.315 e. The van der Waals surface area contributed by atoms with E-state index in [0.717, 1.165) is 25.8 Å². The van der Waals surface area contributed by atoms with Crippen molar-refractivity contribution in [3.05, 3.63) is 18.0 Å². The maximum atomic E-state index is 11.8. The Balaban J connectivity index is 1.56. The van der Waals surface area contributed by atoms with E-state index in [-0.39, 0.29) is 6.03 Å². The molecule has 1 fully saturated rings. The van der Waals surface area contributed by atoms with Gasteiger partial charge >= 0.3 is 6.03 Å². The number of aryl methyl sites for hydroxylation is 2. The second kappa shape index (κ2) is 7.57. The first-order valence-corrected chi connectivity index (χ1v) is 8.52. The number of hydrogen-bond donors (Lipinski definition) is 2. The van der Waals surface area contributed by atoms with Gasteiger partial charge in [-0.15, -0.1) is 0 Å². The Morgan fingerprint density at radius 3 is 3.05 bits per heavy atom. The third-order valence-corrected chi connectivity index (χ3v) is 4.76. The third kappa shape index (κ3) is 4.74. The van der Waals surface area contributed by atoms with Crippen molar-refractivity contribution in [2.75, 3.05) is 12.8 Å². The van der Waals surface area contributed by atoms with E-state index in [9.17, 15) is 4.79 Å². The Morgan fingerprint density at radius 2 is 2.40 bits per heavy atom. The van der Waals surface area contributed by atoms with Crippen LogP contribution in [0.1, 0.15) is 31.2 Å². The number of aromatic nitrogens is 2. The van der Waals surface area contributed by atoms with Crippen molar-refractivity contribution in [1.29, 1.82) is 0 Å². The molecular formula is C14H24N4OS. The summed E-state index contributed by atoms with van der Waals surface area (Å²) in [6.45, 7) is 3.55. The molecule has 0 aliphatic heterocycles. The second-order valence-electron chi connectivity index (χ2n) is 5.40. The lowest BCUT2D eigenvalue weighted by Crippen LogP contribution is -2.41. The van der Waals surface area contributed by atoms with Gasteiger partial charge in [0.05, 0.1) is 6.20 Å². The van der Waals surface area contributed by atoms with Crippen molar-refractivity contribution < 1.29 is 4.79 Å². The SMILES string of the molecule is CS[C@H]1CC[C@H](NC(=O)NCCCn2cc(C)cn2)C1. The van der Waals surface area contributed by atoms with E-state index in [1.807, 2.05) is 35.8 Å². The van der Waals surface area contributed by atoms with Gasteiger partial charge in [0.25, 0.3) is 0 Å². The summed E-state index contributed by atoms with van der Waals surface area (Å²) in [5.41, 5.74) is 1.17. The number of rotatable bonds is 6. The molecule has 1 heterocycles. The van der Waals surface area contributed by atoms with Crippen LogP contribution in [-0.4, -0.2) is 39.9 Å². The van der Waals surface area contributed by atoms with Gasteiger partial charge in [0.1, 0.15) is 0 Å². The molecule has 0 unspecified atom stereocenters. The second-order valence-corrected chi connectivity index (χ2v) is 6.54. The normalized spacial score (nSPS) is 21.9. The molecule has 1 aliphatic carbocycles. The Morgan fingerprint density at radius 1 is 1.55 bits per heavy atom. The van der Waals surface area contributed by atoms with Crippen molar-refractivity contribution in [3.8, 4) is 0 Å². The van der Waals surface area contributed by atoms with E-state index in [2.05, 4.69) is 22.0 Å². The average molecular weight is 296 g/mol. The topological polar surface area (TPSA) is 59.0 Å². The summed E-state index contributed by atoms with van der Waals surface area (Å²) in [4.78, 5) is 11.8. The lowest BCUT2D eigenvalue weighted by Gasteiger charge is -2.13. The zero-order valence-corrected chi connectivity index (χ0v) is 13.1. The van der Waals surface area contributed by atoms with Gasteiger partial charge in [-0.25, -0.2) is 4.79 Å². The highest BCUT2D eigenvalue weighted by atomic mass is 32.2. The number of urea groups is 1. The molecular weight excluding hydrogens is 272 g/mol. The van der Waals surface area contributed by atoms with Crippen LogP contribution < -0.4 is 10.6 Å². The summed E-state index contributed by atoms with van der Waals surface area (Å²) in [7, 11) is 0. The maximum absolute atomic E-state index is 11.8. The molecule has 0 saturated heterocycles. The summed E-state index contributed by atoms with van der Waals surface area (Å²) < 4.78 is 1.91. The van der Waals surface area contributed by atoms with E-state index in [1.165, 1.54) is 12.0 Å². The van der Waals surface area contributed by atoms with Crippen LogP contribution in [0.4, 0.5) is 4.79 Å². The fraction of sp³-hybridized carbons (Fsp3) is 0.714. The van der Waals surface area contributed by atoms with Gasteiger partial charge in [0.2, 0.25) is 0 Å². The molecule has 2 N–H and O–H groups in total. The molecule has 2 rings (SSSR count). The molecule has 0 spiro atoms. The number of nitrogens with one attached hydrogen (secondary N) is 2. The van der Waals surface area contributed by atoms with Crippen LogP contribution >= 0.6 is 11.8 Å². The Hall–Kier alpha value is -1.17. The molecule has 2 atom stereocenters. The smallest absolute Gasteiger partial charge is 0.315 e. The minimum atomic E-state index is -0.0339. The van der Waals surface area contributed by atoms with Crippen molar-refractivity contribution >= 4 is 17.8 Å². The molecule has 0 aromatic carbocycles. The molecule has 0 radical (unpaired) electrons. The van der Waals surface area contributed by atoms with Gasteiger partial charge in [0.15, 0.2) is 0 Å². The fourth-order valence-corrected chi connectivity index (χ4v) is 3.35. The minimum absolute atomic E-state index is 0.0339. The first-order valence-electron chi connectivity index (χ1n) is 7.23. The average Bonchev–Trinajstić information content (AvgIpc) is 3.04. The molecule has 20 heavy (non-hydrogen) atoms. The number of amides is 2. The van der Waals surface area contributed by atoms with Crippen LogP contribution in [0, 0.1) is 6.92 Å². The van der Waals surface area contributed by atoms with Crippen LogP contribution in [0.2, 0.25) is 0 Å². The lowest BCUT2D eigenvalue weighted by molar-refractivity contribution is 0.237.